The third kappa shape index (κ3) is 5.05. The smallest absolute Gasteiger partial charge is 0.226 e. The molecule has 1 amide bonds. The average molecular weight is 497 g/mol. The summed E-state index contributed by atoms with van der Waals surface area (Å²) in [5.41, 5.74) is 3.15. The molecule has 0 aliphatic carbocycles. The van der Waals surface area contributed by atoms with Gasteiger partial charge in [-0.25, -0.2) is 9.97 Å². The van der Waals surface area contributed by atoms with Crippen LogP contribution >= 0.6 is 34.7 Å². The number of carbonyl (C=O) groups excluding carboxylic acids is 1. The minimum Gasteiger partial charge on any atom is -0.463 e. The largest absolute Gasteiger partial charge is 0.463 e. The van der Waals surface area contributed by atoms with Gasteiger partial charge in [0.25, 0.3) is 0 Å². The molecule has 4 aromatic heterocycles. The number of hydrogen-bond donors (Lipinski definition) is 2. The Kier molecular flexibility index (Phi) is 6.34. The number of H-pyrrole nitrogens is 1. The van der Waals surface area contributed by atoms with Crippen LogP contribution in [0.25, 0.3) is 34.2 Å². The lowest BCUT2D eigenvalue weighted by Crippen LogP contribution is -2.12. The maximum absolute atomic E-state index is 12.4. The van der Waals surface area contributed by atoms with E-state index in [0.29, 0.717) is 44.7 Å². The maximum atomic E-state index is 12.4. The second kappa shape index (κ2) is 9.70. The molecule has 2 N–H and O–H groups in total. The van der Waals surface area contributed by atoms with Gasteiger partial charge < -0.3 is 19.1 Å². The highest BCUT2D eigenvalue weighted by Gasteiger charge is 2.18. The molecule has 1 aromatic carbocycles. The zero-order chi connectivity index (χ0) is 22.6. The fourth-order valence-corrected chi connectivity index (χ4v) is 4.79. The molecular weight excluding hydrogens is 480 g/mol. The monoisotopic (exact) mass is 496 g/mol. The summed E-state index contributed by atoms with van der Waals surface area (Å²) in [6.07, 6.45) is 3.52. The molecule has 0 fully saturated rings. The van der Waals surface area contributed by atoms with E-state index in [0.717, 1.165) is 17.0 Å². The molecule has 0 atom stereocenters. The number of nitrogens with zero attached hydrogens (tertiary/aromatic N) is 2. The number of thioether (sulfide) groups is 1. The van der Waals surface area contributed by atoms with Gasteiger partial charge in [0, 0.05) is 28.1 Å². The number of aromatic nitrogens is 3. The van der Waals surface area contributed by atoms with E-state index in [1.807, 2.05) is 53.9 Å². The summed E-state index contributed by atoms with van der Waals surface area (Å²) in [7, 11) is 0. The molecule has 33 heavy (non-hydrogen) atoms. The molecule has 0 saturated heterocycles. The molecule has 0 saturated carbocycles. The topological polar surface area (TPSA) is 97.0 Å². The summed E-state index contributed by atoms with van der Waals surface area (Å²) in [5.74, 6) is 1.74. The lowest BCUT2D eigenvalue weighted by Gasteiger charge is -2.01. The van der Waals surface area contributed by atoms with Crippen LogP contribution in [0.4, 0.5) is 5.13 Å². The first-order chi connectivity index (χ1) is 16.2. The number of imidazole rings is 1. The minimum absolute atomic E-state index is 0.108. The summed E-state index contributed by atoms with van der Waals surface area (Å²) in [5, 5.41) is 6.68. The van der Waals surface area contributed by atoms with E-state index in [2.05, 4.69) is 20.3 Å². The molecule has 0 aliphatic rings. The Balaban J connectivity index is 1.19. The fourth-order valence-electron chi connectivity index (χ4n) is 3.12. The second-order valence-corrected chi connectivity index (χ2v) is 9.29. The van der Waals surface area contributed by atoms with Gasteiger partial charge in [-0.3, -0.25) is 4.79 Å². The summed E-state index contributed by atoms with van der Waals surface area (Å²) >= 11 is 8.77. The standard InChI is InChI=1S/C23H17ClN4O3S2/c24-15-7-5-14(6-8-15)16-13-33-22(25-16)26-19(29)9-12-32-23-27-20(17-3-1-10-30-17)21(28-23)18-4-2-11-31-18/h1-8,10-11,13H,9,12H2,(H,27,28)(H,25,26,29). The predicted molar refractivity (Wildman–Crippen MR) is 131 cm³/mol. The molecule has 0 aliphatic heterocycles. The summed E-state index contributed by atoms with van der Waals surface area (Å²) in [4.78, 5) is 24.8. The average Bonchev–Trinajstić information content (AvgIpc) is 3.61. The van der Waals surface area contributed by atoms with Crippen LogP contribution in [0.2, 0.25) is 5.02 Å². The van der Waals surface area contributed by atoms with Gasteiger partial charge in [-0.2, -0.15) is 0 Å². The molecule has 0 radical (unpaired) electrons. The van der Waals surface area contributed by atoms with Gasteiger partial charge in [0.15, 0.2) is 21.8 Å². The highest BCUT2D eigenvalue weighted by Crippen LogP contribution is 2.33. The number of anilines is 1. The predicted octanol–water partition coefficient (Wildman–Crippen LogP) is 6.83. The third-order valence-electron chi connectivity index (χ3n) is 4.66. The fraction of sp³-hybridized carbons (Fsp3) is 0.0870. The Labute approximate surface area is 202 Å². The maximum Gasteiger partial charge on any atom is 0.226 e. The summed E-state index contributed by atoms with van der Waals surface area (Å²) in [6.45, 7) is 0. The van der Waals surface area contributed by atoms with E-state index in [-0.39, 0.29) is 5.91 Å². The van der Waals surface area contributed by atoms with Crippen LogP contribution in [-0.4, -0.2) is 26.6 Å². The van der Waals surface area contributed by atoms with Gasteiger partial charge in [0.05, 0.1) is 18.2 Å². The molecule has 10 heteroatoms. The van der Waals surface area contributed by atoms with Gasteiger partial charge in [0.1, 0.15) is 11.4 Å². The van der Waals surface area contributed by atoms with Crippen LogP contribution in [0, 0.1) is 0 Å². The number of aromatic amines is 1. The van der Waals surface area contributed by atoms with Crippen LogP contribution < -0.4 is 5.32 Å². The first-order valence-electron chi connectivity index (χ1n) is 9.97. The van der Waals surface area contributed by atoms with E-state index in [1.165, 1.54) is 23.1 Å². The Bertz CT molecular complexity index is 1290. The van der Waals surface area contributed by atoms with Crippen molar-refractivity contribution in [3.63, 3.8) is 0 Å². The van der Waals surface area contributed by atoms with Crippen LogP contribution in [0.5, 0.6) is 0 Å². The van der Waals surface area contributed by atoms with Crippen molar-refractivity contribution in [2.45, 2.75) is 11.6 Å². The van der Waals surface area contributed by atoms with Crippen LogP contribution in [-0.2, 0) is 4.79 Å². The SMILES string of the molecule is O=C(CCSc1nc(-c2ccco2)c(-c2ccco2)[nH]1)Nc1nc(-c2ccc(Cl)cc2)cs1. The number of furan rings is 2. The quantitative estimate of drug-likeness (QED) is 0.228. The van der Waals surface area contributed by atoms with Crippen molar-refractivity contribution in [3.05, 3.63) is 71.5 Å². The van der Waals surface area contributed by atoms with E-state index in [1.54, 1.807) is 12.5 Å². The number of hydrogen-bond acceptors (Lipinski definition) is 7. The molecule has 5 aromatic rings. The highest BCUT2D eigenvalue weighted by atomic mass is 35.5. The van der Waals surface area contributed by atoms with E-state index >= 15 is 0 Å². The third-order valence-corrected chi connectivity index (χ3v) is 6.55. The number of thiazole rings is 1. The van der Waals surface area contributed by atoms with Crippen LogP contribution in [0.1, 0.15) is 6.42 Å². The van der Waals surface area contributed by atoms with Gasteiger partial charge in [-0.1, -0.05) is 35.5 Å². The number of halogens is 1. The molecule has 166 valence electrons. The van der Waals surface area contributed by atoms with E-state index in [9.17, 15) is 4.79 Å². The summed E-state index contributed by atoms with van der Waals surface area (Å²) in [6, 6.07) is 14.8. The molecular formula is C23H17ClN4O3S2. The molecule has 0 unspecified atom stereocenters. The number of carbonyl (C=O) groups is 1. The number of rotatable bonds is 8. The Morgan fingerprint density at radius 2 is 1.82 bits per heavy atom. The van der Waals surface area contributed by atoms with E-state index in [4.69, 9.17) is 20.4 Å². The Morgan fingerprint density at radius 1 is 1.06 bits per heavy atom. The Morgan fingerprint density at radius 3 is 2.55 bits per heavy atom. The van der Waals surface area contributed by atoms with Crippen molar-refractivity contribution < 1.29 is 13.6 Å². The normalized spacial score (nSPS) is 11.1. The zero-order valence-corrected chi connectivity index (χ0v) is 19.5. The molecule has 0 bridgehead atoms. The van der Waals surface area contributed by atoms with E-state index < -0.39 is 0 Å². The number of amides is 1. The summed E-state index contributed by atoms with van der Waals surface area (Å²) < 4.78 is 11.0. The molecule has 4 heterocycles. The second-order valence-electron chi connectivity index (χ2n) is 6.91. The molecule has 0 spiro atoms. The minimum atomic E-state index is -0.108. The molecule has 5 rings (SSSR count). The lowest BCUT2D eigenvalue weighted by molar-refractivity contribution is -0.115. The molecule has 7 nitrogen and oxygen atoms in total. The van der Waals surface area contributed by atoms with Crippen LogP contribution in [0.15, 0.2) is 80.4 Å². The van der Waals surface area contributed by atoms with Crippen molar-refractivity contribution in [1.29, 1.82) is 0 Å². The van der Waals surface area contributed by atoms with Crippen molar-refractivity contribution in [2.24, 2.45) is 0 Å². The van der Waals surface area contributed by atoms with Crippen molar-refractivity contribution >= 4 is 45.7 Å². The van der Waals surface area contributed by atoms with Gasteiger partial charge in [-0.05, 0) is 36.4 Å². The van der Waals surface area contributed by atoms with Crippen molar-refractivity contribution in [2.75, 3.05) is 11.1 Å². The zero-order valence-electron chi connectivity index (χ0n) is 17.1. The van der Waals surface area contributed by atoms with Crippen molar-refractivity contribution in [1.82, 2.24) is 15.0 Å². The highest BCUT2D eigenvalue weighted by molar-refractivity contribution is 7.99. The first kappa shape index (κ1) is 21.6. The lowest BCUT2D eigenvalue weighted by atomic mass is 10.2. The number of benzene rings is 1. The van der Waals surface area contributed by atoms with Gasteiger partial charge in [0.2, 0.25) is 5.91 Å². The Hall–Kier alpha value is -3.27. The first-order valence-corrected chi connectivity index (χ1v) is 12.2. The van der Waals surface area contributed by atoms with Crippen molar-refractivity contribution in [3.8, 4) is 34.2 Å². The van der Waals surface area contributed by atoms with Gasteiger partial charge >= 0.3 is 0 Å². The van der Waals surface area contributed by atoms with Gasteiger partial charge in [-0.15, -0.1) is 11.3 Å². The number of nitrogens with one attached hydrogen (secondary N) is 2. The van der Waals surface area contributed by atoms with Crippen LogP contribution in [0.3, 0.4) is 0 Å².